The summed E-state index contributed by atoms with van der Waals surface area (Å²) < 4.78 is 1.37. The average Bonchev–Trinajstić information content (AvgIpc) is 2.35. The average molecular weight is 391 g/mol. The van der Waals surface area contributed by atoms with E-state index < -0.39 is 0 Å². The van der Waals surface area contributed by atoms with Crippen molar-refractivity contribution < 1.29 is 4.79 Å². The van der Waals surface area contributed by atoms with Gasteiger partial charge in [-0.2, -0.15) is 0 Å². The minimum absolute atomic E-state index is 0.335. The van der Waals surface area contributed by atoms with Crippen molar-refractivity contribution in [2.45, 2.75) is 0 Å². The Balaban J connectivity index is 2.21. The van der Waals surface area contributed by atoms with Crippen molar-refractivity contribution in [3.63, 3.8) is 0 Å². The number of carbonyl (C=O) groups is 1. The molecule has 1 heterocycles. The van der Waals surface area contributed by atoms with Crippen LogP contribution in [0, 0.1) is 0 Å². The predicted molar refractivity (Wildman–Crippen MR) is 76.8 cm³/mol. The molecule has 0 aliphatic carbocycles. The van der Waals surface area contributed by atoms with Crippen LogP contribution >= 0.6 is 43.5 Å². The summed E-state index contributed by atoms with van der Waals surface area (Å²) in [5.74, 6) is 0.0252. The summed E-state index contributed by atoms with van der Waals surface area (Å²) in [6, 6.07) is 5.05. The van der Waals surface area contributed by atoms with E-state index in [-0.39, 0.29) is 5.91 Å². The first-order valence-electron chi connectivity index (χ1n) is 4.80. The summed E-state index contributed by atoms with van der Waals surface area (Å²) in [6.45, 7) is 0. The number of hydrogen-bond acceptors (Lipinski definition) is 3. The van der Waals surface area contributed by atoms with Gasteiger partial charge in [0.15, 0.2) is 5.82 Å². The van der Waals surface area contributed by atoms with E-state index in [1.807, 2.05) is 0 Å². The molecular weight excluding hydrogens is 385 g/mol. The number of hydrogen-bond donors (Lipinski definition) is 1. The summed E-state index contributed by atoms with van der Waals surface area (Å²) in [4.78, 5) is 19.9. The summed E-state index contributed by atoms with van der Waals surface area (Å²) in [6.07, 6.45) is 2.95. The molecule has 0 aliphatic rings. The molecule has 0 saturated heterocycles. The summed E-state index contributed by atoms with van der Waals surface area (Å²) in [7, 11) is 0. The Labute approximate surface area is 125 Å². The van der Waals surface area contributed by atoms with Crippen LogP contribution in [-0.4, -0.2) is 15.9 Å². The van der Waals surface area contributed by atoms with E-state index in [2.05, 4.69) is 47.1 Å². The molecule has 0 fully saturated rings. The van der Waals surface area contributed by atoms with Gasteiger partial charge in [0, 0.05) is 4.47 Å². The molecule has 0 aliphatic heterocycles. The summed E-state index contributed by atoms with van der Waals surface area (Å²) >= 11 is 12.4. The van der Waals surface area contributed by atoms with Crippen molar-refractivity contribution in [1.82, 2.24) is 9.97 Å². The molecule has 1 aromatic heterocycles. The number of nitrogens with zero attached hydrogens (tertiary/aromatic N) is 2. The van der Waals surface area contributed by atoms with Crippen LogP contribution in [0.3, 0.4) is 0 Å². The molecule has 1 aromatic carbocycles. The van der Waals surface area contributed by atoms with Crippen molar-refractivity contribution in [2.75, 3.05) is 5.32 Å². The minimum atomic E-state index is -0.335. The van der Waals surface area contributed by atoms with Gasteiger partial charge in [-0.05, 0) is 34.1 Å². The lowest BCUT2D eigenvalue weighted by Gasteiger charge is -2.06. The van der Waals surface area contributed by atoms with Crippen molar-refractivity contribution >= 4 is 55.2 Å². The van der Waals surface area contributed by atoms with Crippen molar-refractivity contribution in [3.05, 3.63) is 50.3 Å². The van der Waals surface area contributed by atoms with Gasteiger partial charge in [0.05, 0.1) is 23.0 Å². The van der Waals surface area contributed by atoms with Gasteiger partial charge < -0.3 is 5.32 Å². The molecule has 0 radical (unpaired) electrons. The molecule has 92 valence electrons. The van der Waals surface area contributed by atoms with Gasteiger partial charge >= 0.3 is 0 Å². The van der Waals surface area contributed by atoms with Gasteiger partial charge in [-0.3, -0.25) is 4.79 Å². The van der Waals surface area contributed by atoms with Crippen LogP contribution in [0.2, 0.25) is 5.02 Å². The monoisotopic (exact) mass is 389 g/mol. The van der Waals surface area contributed by atoms with E-state index in [0.717, 1.165) is 4.47 Å². The number of aromatic nitrogens is 2. The SMILES string of the molecule is O=C(Nc1cnc(Br)cn1)c1cc(Br)ccc1Cl. The van der Waals surface area contributed by atoms with E-state index in [4.69, 9.17) is 11.6 Å². The zero-order valence-corrected chi connectivity index (χ0v) is 12.8. The standard InChI is InChI=1S/C11H6Br2ClN3O/c12-6-1-2-8(14)7(3-6)11(18)17-10-5-15-9(13)4-16-10/h1-5H,(H,16,17,18). The van der Waals surface area contributed by atoms with Gasteiger partial charge in [0.25, 0.3) is 5.91 Å². The van der Waals surface area contributed by atoms with E-state index in [1.165, 1.54) is 12.4 Å². The van der Waals surface area contributed by atoms with Gasteiger partial charge in [0.2, 0.25) is 0 Å². The molecule has 0 saturated carbocycles. The fourth-order valence-corrected chi connectivity index (χ4v) is 2.00. The van der Waals surface area contributed by atoms with Crippen LogP contribution in [0.15, 0.2) is 39.7 Å². The summed E-state index contributed by atoms with van der Waals surface area (Å²) in [5.41, 5.74) is 0.371. The molecule has 1 amide bonds. The lowest BCUT2D eigenvalue weighted by molar-refractivity contribution is 0.102. The van der Waals surface area contributed by atoms with Crippen LogP contribution in [0.5, 0.6) is 0 Å². The van der Waals surface area contributed by atoms with E-state index >= 15 is 0 Å². The highest BCUT2D eigenvalue weighted by Gasteiger charge is 2.11. The first-order valence-corrected chi connectivity index (χ1v) is 6.76. The predicted octanol–water partition coefficient (Wildman–Crippen LogP) is 3.91. The molecule has 2 rings (SSSR count). The molecular formula is C11H6Br2ClN3O. The lowest BCUT2D eigenvalue weighted by Crippen LogP contribution is -2.13. The maximum atomic E-state index is 12.0. The number of nitrogens with one attached hydrogen (secondary N) is 1. The van der Waals surface area contributed by atoms with Crippen LogP contribution in [0.25, 0.3) is 0 Å². The second kappa shape index (κ2) is 5.77. The molecule has 0 bridgehead atoms. The second-order valence-corrected chi connectivity index (χ2v) is 5.44. The fraction of sp³-hybridized carbons (Fsp3) is 0. The van der Waals surface area contributed by atoms with Crippen LogP contribution in [-0.2, 0) is 0 Å². The number of benzene rings is 1. The van der Waals surface area contributed by atoms with E-state index in [0.29, 0.717) is 21.0 Å². The number of halogens is 3. The maximum absolute atomic E-state index is 12.0. The largest absolute Gasteiger partial charge is 0.305 e. The van der Waals surface area contributed by atoms with Crippen LogP contribution in [0.1, 0.15) is 10.4 Å². The van der Waals surface area contributed by atoms with Crippen molar-refractivity contribution in [2.24, 2.45) is 0 Å². The lowest BCUT2D eigenvalue weighted by atomic mass is 10.2. The number of amides is 1. The Morgan fingerprint density at radius 1 is 1.22 bits per heavy atom. The Hall–Kier alpha value is -0.980. The van der Waals surface area contributed by atoms with Gasteiger partial charge in [-0.15, -0.1) is 0 Å². The van der Waals surface area contributed by atoms with Crippen LogP contribution < -0.4 is 5.32 Å². The maximum Gasteiger partial charge on any atom is 0.258 e. The highest BCUT2D eigenvalue weighted by atomic mass is 79.9. The Morgan fingerprint density at radius 2 is 2.00 bits per heavy atom. The molecule has 0 unspecified atom stereocenters. The Morgan fingerprint density at radius 3 is 2.67 bits per heavy atom. The number of rotatable bonds is 2. The normalized spacial score (nSPS) is 10.2. The van der Waals surface area contributed by atoms with Gasteiger partial charge in [-0.25, -0.2) is 9.97 Å². The highest BCUT2D eigenvalue weighted by molar-refractivity contribution is 9.10. The molecule has 1 N–H and O–H groups in total. The fourth-order valence-electron chi connectivity index (χ4n) is 1.23. The molecule has 4 nitrogen and oxygen atoms in total. The first kappa shape index (κ1) is 13.5. The quantitative estimate of drug-likeness (QED) is 0.845. The van der Waals surface area contributed by atoms with E-state index in [1.54, 1.807) is 18.2 Å². The number of anilines is 1. The summed E-state index contributed by atoms with van der Waals surface area (Å²) in [5, 5.41) is 2.99. The third-order valence-corrected chi connectivity index (χ3v) is 3.27. The number of carbonyl (C=O) groups excluding carboxylic acids is 1. The first-order chi connectivity index (χ1) is 8.56. The zero-order chi connectivity index (χ0) is 13.1. The van der Waals surface area contributed by atoms with Crippen LogP contribution in [0.4, 0.5) is 5.82 Å². The van der Waals surface area contributed by atoms with E-state index in [9.17, 15) is 4.79 Å². The zero-order valence-electron chi connectivity index (χ0n) is 8.82. The molecule has 0 atom stereocenters. The third-order valence-electron chi connectivity index (χ3n) is 2.03. The second-order valence-electron chi connectivity index (χ2n) is 3.30. The highest BCUT2D eigenvalue weighted by Crippen LogP contribution is 2.21. The smallest absolute Gasteiger partial charge is 0.258 e. The third kappa shape index (κ3) is 3.28. The van der Waals surface area contributed by atoms with Crippen molar-refractivity contribution in [3.8, 4) is 0 Å². The molecule has 18 heavy (non-hydrogen) atoms. The Kier molecular flexibility index (Phi) is 4.31. The molecule has 0 spiro atoms. The van der Waals surface area contributed by atoms with Crippen molar-refractivity contribution in [1.29, 1.82) is 0 Å². The van der Waals surface area contributed by atoms with Gasteiger partial charge in [0.1, 0.15) is 4.60 Å². The molecule has 2 aromatic rings. The molecule has 7 heteroatoms. The van der Waals surface area contributed by atoms with Gasteiger partial charge in [-0.1, -0.05) is 27.5 Å². The Bertz CT molecular complexity index is 589. The minimum Gasteiger partial charge on any atom is -0.305 e. The topological polar surface area (TPSA) is 54.9 Å².